The summed E-state index contributed by atoms with van der Waals surface area (Å²) in [6.07, 6.45) is 7.22. The third-order valence-electron chi connectivity index (χ3n) is 5.11. The van der Waals surface area contributed by atoms with Crippen LogP contribution >= 0.6 is 0 Å². The van der Waals surface area contributed by atoms with Crippen molar-refractivity contribution in [3.63, 3.8) is 0 Å². The zero-order valence-electron chi connectivity index (χ0n) is 12.8. The van der Waals surface area contributed by atoms with Gasteiger partial charge in [0.15, 0.2) is 0 Å². The lowest BCUT2D eigenvalue weighted by Gasteiger charge is -2.44. The quantitative estimate of drug-likeness (QED) is 0.909. The molecule has 0 bridgehead atoms. The van der Waals surface area contributed by atoms with Gasteiger partial charge in [-0.25, -0.2) is 0 Å². The zero-order chi connectivity index (χ0) is 13.9. The first-order valence-corrected chi connectivity index (χ1v) is 8.16. The molecule has 2 heterocycles. The van der Waals surface area contributed by atoms with Crippen molar-refractivity contribution in [2.45, 2.75) is 64.7 Å². The number of rotatable bonds is 4. The molecule has 3 rings (SSSR count). The lowest BCUT2D eigenvalue weighted by Crippen LogP contribution is -2.54. The Morgan fingerprint density at radius 1 is 1.30 bits per heavy atom. The Bertz CT molecular complexity index is 430. The lowest BCUT2D eigenvalue weighted by molar-refractivity contribution is 0.0721. The van der Waals surface area contributed by atoms with Crippen molar-refractivity contribution in [1.82, 2.24) is 25.0 Å². The van der Waals surface area contributed by atoms with Gasteiger partial charge in [-0.1, -0.05) is 20.3 Å². The number of hydrogen-bond donors (Lipinski definition) is 1. The molecule has 0 spiro atoms. The maximum absolute atomic E-state index is 4.26. The van der Waals surface area contributed by atoms with E-state index in [9.17, 15) is 0 Å². The van der Waals surface area contributed by atoms with Crippen LogP contribution < -0.4 is 5.32 Å². The standard InChI is InChI=1S/C15H27N5/c1-3-12-5-6-13(16-4-2)14(9-12)19-7-8-20-11-17-18-15(20)10-19/h11-14,16H,3-10H2,1-2H3. The van der Waals surface area contributed by atoms with Gasteiger partial charge in [0.05, 0.1) is 6.54 Å². The summed E-state index contributed by atoms with van der Waals surface area (Å²) in [6.45, 7) is 8.76. The van der Waals surface area contributed by atoms with Crippen LogP contribution in [0.1, 0.15) is 45.4 Å². The minimum absolute atomic E-state index is 0.650. The smallest absolute Gasteiger partial charge is 0.147 e. The molecule has 0 amide bonds. The molecule has 1 aliphatic carbocycles. The van der Waals surface area contributed by atoms with Gasteiger partial charge in [-0.3, -0.25) is 4.90 Å². The number of hydrogen-bond acceptors (Lipinski definition) is 4. The predicted octanol–water partition coefficient (Wildman–Crippen LogP) is 1.65. The van der Waals surface area contributed by atoms with E-state index in [0.29, 0.717) is 12.1 Å². The van der Waals surface area contributed by atoms with Gasteiger partial charge < -0.3 is 9.88 Å². The van der Waals surface area contributed by atoms with Crippen LogP contribution in [0.3, 0.4) is 0 Å². The average molecular weight is 277 g/mol. The molecule has 5 nitrogen and oxygen atoms in total. The van der Waals surface area contributed by atoms with Crippen LogP contribution in [0.25, 0.3) is 0 Å². The molecular formula is C15H27N5. The molecule has 1 fully saturated rings. The number of aromatic nitrogens is 3. The molecular weight excluding hydrogens is 250 g/mol. The highest BCUT2D eigenvalue weighted by molar-refractivity contribution is 4.97. The van der Waals surface area contributed by atoms with Gasteiger partial charge in [0, 0.05) is 25.2 Å². The number of nitrogens with zero attached hydrogens (tertiary/aromatic N) is 4. The van der Waals surface area contributed by atoms with Crippen molar-refractivity contribution in [2.75, 3.05) is 13.1 Å². The van der Waals surface area contributed by atoms with Crippen LogP contribution in [0.5, 0.6) is 0 Å². The third-order valence-corrected chi connectivity index (χ3v) is 5.11. The first kappa shape index (κ1) is 14.0. The first-order chi connectivity index (χ1) is 9.81. The number of fused-ring (bicyclic) bond motifs is 1. The Balaban J connectivity index is 1.72. The van der Waals surface area contributed by atoms with E-state index in [1.165, 1.54) is 25.7 Å². The number of nitrogens with one attached hydrogen (secondary N) is 1. The summed E-state index contributed by atoms with van der Waals surface area (Å²) in [5, 5.41) is 12.0. The molecule has 1 saturated carbocycles. The summed E-state index contributed by atoms with van der Waals surface area (Å²) in [5.74, 6) is 2.03. The molecule has 1 aromatic rings. The highest BCUT2D eigenvalue weighted by Gasteiger charge is 2.35. The molecule has 5 heteroatoms. The Morgan fingerprint density at radius 3 is 3.00 bits per heavy atom. The van der Waals surface area contributed by atoms with Gasteiger partial charge in [0.2, 0.25) is 0 Å². The van der Waals surface area contributed by atoms with E-state index < -0.39 is 0 Å². The summed E-state index contributed by atoms with van der Waals surface area (Å²) in [5.41, 5.74) is 0. The van der Waals surface area contributed by atoms with Gasteiger partial charge in [-0.2, -0.15) is 0 Å². The summed E-state index contributed by atoms with van der Waals surface area (Å²) in [7, 11) is 0. The fourth-order valence-corrected chi connectivity index (χ4v) is 3.87. The molecule has 1 aromatic heterocycles. The molecule has 2 aliphatic rings. The van der Waals surface area contributed by atoms with E-state index in [-0.39, 0.29) is 0 Å². The minimum atomic E-state index is 0.650. The summed E-state index contributed by atoms with van der Waals surface area (Å²) in [6, 6.07) is 1.32. The molecule has 1 aliphatic heterocycles. The Labute approximate surface area is 121 Å². The molecule has 0 saturated heterocycles. The molecule has 112 valence electrons. The van der Waals surface area contributed by atoms with Crippen molar-refractivity contribution in [2.24, 2.45) is 5.92 Å². The second-order valence-corrected chi connectivity index (χ2v) is 6.23. The van der Waals surface area contributed by atoms with Crippen LogP contribution in [0, 0.1) is 5.92 Å². The van der Waals surface area contributed by atoms with E-state index in [2.05, 4.69) is 38.8 Å². The van der Waals surface area contributed by atoms with Crippen molar-refractivity contribution < 1.29 is 0 Å². The second kappa shape index (κ2) is 6.22. The van der Waals surface area contributed by atoms with Crippen molar-refractivity contribution in [3.05, 3.63) is 12.2 Å². The fraction of sp³-hybridized carbons (Fsp3) is 0.867. The van der Waals surface area contributed by atoms with Crippen molar-refractivity contribution in [1.29, 1.82) is 0 Å². The Hall–Kier alpha value is -0.940. The first-order valence-electron chi connectivity index (χ1n) is 8.16. The maximum Gasteiger partial charge on any atom is 0.147 e. The van der Waals surface area contributed by atoms with E-state index in [4.69, 9.17) is 0 Å². The Kier molecular flexibility index (Phi) is 4.36. The monoisotopic (exact) mass is 277 g/mol. The molecule has 0 radical (unpaired) electrons. The normalized spacial score (nSPS) is 31.2. The largest absolute Gasteiger partial charge is 0.315 e. The van der Waals surface area contributed by atoms with Crippen molar-refractivity contribution >= 4 is 0 Å². The van der Waals surface area contributed by atoms with E-state index in [1.807, 2.05) is 6.33 Å². The highest BCUT2D eigenvalue weighted by Crippen LogP contribution is 2.31. The Morgan fingerprint density at radius 2 is 2.20 bits per heavy atom. The maximum atomic E-state index is 4.26. The van der Waals surface area contributed by atoms with Gasteiger partial charge >= 0.3 is 0 Å². The second-order valence-electron chi connectivity index (χ2n) is 6.23. The van der Waals surface area contributed by atoms with E-state index in [1.54, 1.807) is 0 Å². The average Bonchev–Trinajstić information content (AvgIpc) is 2.95. The molecule has 3 unspecified atom stereocenters. The van der Waals surface area contributed by atoms with Gasteiger partial charge in [0.1, 0.15) is 12.2 Å². The van der Waals surface area contributed by atoms with E-state index in [0.717, 1.165) is 37.9 Å². The topological polar surface area (TPSA) is 46.0 Å². The summed E-state index contributed by atoms with van der Waals surface area (Å²) < 4.78 is 2.19. The molecule has 3 atom stereocenters. The van der Waals surface area contributed by atoms with Gasteiger partial charge in [-0.05, 0) is 31.7 Å². The SMILES string of the molecule is CCNC1CCC(CC)CC1N1CCn2cnnc2C1. The predicted molar refractivity (Wildman–Crippen MR) is 79.3 cm³/mol. The lowest BCUT2D eigenvalue weighted by atomic mass is 9.80. The third kappa shape index (κ3) is 2.74. The van der Waals surface area contributed by atoms with Gasteiger partial charge in [-0.15, -0.1) is 10.2 Å². The fourth-order valence-electron chi connectivity index (χ4n) is 3.87. The summed E-state index contributed by atoms with van der Waals surface area (Å²) in [4.78, 5) is 2.64. The molecule has 1 N–H and O–H groups in total. The summed E-state index contributed by atoms with van der Waals surface area (Å²) >= 11 is 0. The minimum Gasteiger partial charge on any atom is -0.315 e. The highest BCUT2D eigenvalue weighted by atomic mass is 15.3. The zero-order valence-corrected chi connectivity index (χ0v) is 12.8. The van der Waals surface area contributed by atoms with Crippen LogP contribution in [0.2, 0.25) is 0 Å². The van der Waals surface area contributed by atoms with E-state index >= 15 is 0 Å². The van der Waals surface area contributed by atoms with Crippen molar-refractivity contribution in [3.8, 4) is 0 Å². The molecule has 0 aromatic carbocycles. The van der Waals surface area contributed by atoms with Crippen LogP contribution in [0.4, 0.5) is 0 Å². The number of likely N-dealkylation sites (N-methyl/N-ethyl adjacent to an activating group) is 1. The van der Waals surface area contributed by atoms with Crippen LogP contribution in [0.15, 0.2) is 6.33 Å². The van der Waals surface area contributed by atoms with Crippen LogP contribution in [-0.2, 0) is 13.1 Å². The molecule has 20 heavy (non-hydrogen) atoms. The van der Waals surface area contributed by atoms with Crippen LogP contribution in [-0.4, -0.2) is 44.8 Å². The van der Waals surface area contributed by atoms with Gasteiger partial charge in [0.25, 0.3) is 0 Å².